The van der Waals surface area contributed by atoms with Gasteiger partial charge in [0.15, 0.2) is 0 Å². The van der Waals surface area contributed by atoms with Crippen LogP contribution in [0.4, 0.5) is 11.4 Å². The Bertz CT molecular complexity index is 871. The molecule has 1 heterocycles. The zero-order valence-corrected chi connectivity index (χ0v) is 19.6. The predicted molar refractivity (Wildman–Crippen MR) is 131 cm³/mol. The molecule has 1 fully saturated rings. The molecule has 7 heteroatoms. The maximum atomic E-state index is 12.7. The van der Waals surface area contributed by atoms with Gasteiger partial charge in [-0.3, -0.25) is 9.59 Å². The van der Waals surface area contributed by atoms with Gasteiger partial charge in [-0.2, -0.15) is 0 Å². The number of anilines is 2. The van der Waals surface area contributed by atoms with E-state index in [1.807, 2.05) is 29.2 Å². The first kappa shape index (κ1) is 24.6. The number of amides is 2. The highest BCUT2D eigenvalue weighted by molar-refractivity contribution is 5.96. The molecule has 1 unspecified atom stereocenters. The van der Waals surface area contributed by atoms with Crippen LogP contribution in [0.5, 0.6) is 5.75 Å². The highest BCUT2D eigenvalue weighted by Gasteiger charge is 2.16. The summed E-state index contributed by atoms with van der Waals surface area (Å²) in [6.45, 7) is 7.15. The molecule has 2 amide bonds. The van der Waals surface area contributed by atoms with Gasteiger partial charge >= 0.3 is 0 Å². The SMILES string of the molecule is CCCN(CCC)C(=O)c1ccc(NC(=O)CNc2ccc(OCC3CCCO3)cc2)cc1. The van der Waals surface area contributed by atoms with Crippen molar-refractivity contribution >= 4 is 23.2 Å². The van der Waals surface area contributed by atoms with Gasteiger partial charge in [0.05, 0.1) is 12.6 Å². The molecule has 1 aliphatic heterocycles. The Labute approximate surface area is 196 Å². The average molecular weight is 454 g/mol. The number of ether oxygens (including phenoxy) is 2. The molecule has 0 spiro atoms. The Morgan fingerprint density at radius 2 is 1.67 bits per heavy atom. The van der Waals surface area contributed by atoms with E-state index in [2.05, 4.69) is 24.5 Å². The molecule has 0 radical (unpaired) electrons. The van der Waals surface area contributed by atoms with Gasteiger partial charge < -0.3 is 25.0 Å². The number of carbonyl (C=O) groups is 2. The third-order valence-electron chi connectivity index (χ3n) is 5.46. The van der Waals surface area contributed by atoms with E-state index in [1.165, 1.54) is 0 Å². The summed E-state index contributed by atoms with van der Waals surface area (Å²) in [7, 11) is 0. The summed E-state index contributed by atoms with van der Waals surface area (Å²) in [5.74, 6) is 0.652. The van der Waals surface area contributed by atoms with Crippen molar-refractivity contribution in [3.05, 3.63) is 54.1 Å². The Hall–Kier alpha value is -3.06. The fourth-order valence-corrected chi connectivity index (χ4v) is 3.75. The van der Waals surface area contributed by atoms with Gasteiger partial charge in [0.2, 0.25) is 5.91 Å². The maximum absolute atomic E-state index is 12.7. The lowest BCUT2D eigenvalue weighted by Crippen LogP contribution is -2.32. The molecule has 1 aliphatic rings. The van der Waals surface area contributed by atoms with E-state index in [9.17, 15) is 9.59 Å². The van der Waals surface area contributed by atoms with Gasteiger partial charge in [-0.05, 0) is 74.2 Å². The third-order valence-corrected chi connectivity index (χ3v) is 5.46. The number of carbonyl (C=O) groups excluding carboxylic acids is 2. The smallest absolute Gasteiger partial charge is 0.253 e. The molecule has 0 aromatic heterocycles. The summed E-state index contributed by atoms with van der Waals surface area (Å²) in [6.07, 6.45) is 4.18. The average Bonchev–Trinajstić information content (AvgIpc) is 3.36. The topological polar surface area (TPSA) is 79.9 Å². The van der Waals surface area contributed by atoms with E-state index in [0.717, 1.165) is 56.8 Å². The molecule has 2 aromatic carbocycles. The van der Waals surface area contributed by atoms with E-state index >= 15 is 0 Å². The molecule has 7 nitrogen and oxygen atoms in total. The van der Waals surface area contributed by atoms with Crippen molar-refractivity contribution in [1.82, 2.24) is 4.90 Å². The van der Waals surface area contributed by atoms with Gasteiger partial charge in [0.1, 0.15) is 12.4 Å². The molecule has 0 saturated carbocycles. The highest BCUT2D eigenvalue weighted by atomic mass is 16.5. The molecule has 3 rings (SSSR count). The van der Waals surface area contributed by atoms with Crippen LogP contribution in [0.25, 0.3) is 0 Å². The summed E-state index contributed by atoms with van der Waals surface area (Å²) in [4.78, 5) is 26.8. The van der Waals surface area contributed by atoms with Crippen LogP contribution in [-0.2, 0) is 9.53 Å². The second-order valence-corrected chi connectivity index (χ2v) is 8.24. The number of benzene rings is 2. The van der Waals surface area contributed by atoms with E-state index < -0.39 is 0 Å². The van der Waals surface area contributed by atoms with Crippen molar-refractivity contribution in [2.45, 2.75) is 45.6 Å². The number of hydrogen-bond acceptors (Lipinski definition) is 5. The van der Waals surface area contributed by atoms with Crippen LogP contribution in [0.1, 0.15) is 49.9 Å². The highest BCUT2D eigenvalue weighted by Crippen LogP contribution is 2.18. The van der Waals surface area contributed by atoms with Crippen LogP contribution >= 0.6 is 0 Å². The van der Waals surface area contributed by atoms with Gasteiger partial charge in [-0.25, -0.2) is 0 Å². The summed E-state index contributed by atoms with van der Waals surface area (Å²) in [6, 6.07) is 14.6. The fourth-order valence-electron chi connectivity index (χ4n) is 3.75. The Morgan fingerprint density at radius 1 is 1.00 bits per heavy atom. The third kappa shape index (κ3) is 7.79. The van der Waals surface area contributed by atoms with E-state index in [0.29, 0.717) is 17.9 Å². The summed E-state index contributed by atoms with van der Waals surface area (Å²) >= 11 is 0. The lowest BCUT2D eigenvalue weighted by atomic mass is 10.1. The van der Waals surface area contributed by atoms with Crippen LogP contribution in [0.3, 0.4) is 0 Å². The number of hydrogen-bond donors (Lipinski definition) is 2. The Kier molecular flexibility index (Phi) is 9.57. The van der Waals surface area contributed by atoms with Crippen molar-refractivity contribution in [3.8, 4) is 5.75 Å². The molecule has 1 saturated heterocycles. The van der Waals surface area contributed by atoms with E-state index in [4.69, 9.17) is 9.47 Å². The molecule has 0 bridgehead atoms. The van der Waals surface area contributed by atoms with Crippen molar-refractivity contribution < 1.29 is 19.1 Å². The van der Waals surface area contributed by atoms with E-state index in [1.54, 1.807) is 24.3 Å². The molecule has 1 atom stereocenters. The van der Waals surface area contributed by atoms with Crippen molar-refractivity contribution in [2.75, 3.05) is 43.5 Å². The molecule has 0 aliphatic carbocycles. The normalized spacial score (nSPS) is 15.2. The first-order valence-electron chi connectivity index (χ1n) is 11.9. The van der Waals surface area contributed by atoms with Crippen molar-refractivity contribution in [2.24, 2.45) is 0 Å². The molecule has 2 aromatic rings. The van der Waals surface area contributed by atoms with Crippen LogP contribution in [0.2, 0.25) is 0 Å². The lowest BCUT2D eigenvalue weighted by molar-refractivity contribution is -0.114. The minimum atomic E-state index is -0.161. The zero-order chi connectivity index (χ0) is 23.5. The molecule has 33 heavy (non-hydrogen) atoms. The van der Waals surface area contributed by atoms with Crippen molar-refractivity contribution in [1.29, 1.82) is 0 Å². The number of nitrogens with one attached hydrogen (secondary N) is 2. The minimum Gasteiger partial charge on any atom is -0.491 e. The maximum Gasteiger partial charge on any atom is 0.253 e. The van der Waals surface area contributed by atoms with Gasteiger partial charge in [0.25, 0.3) is 5.91 Å². The molecule has 2 N–H and O–H groups in total. The lowest BCUT2D eigenvalue weighted by Gasteiger charge is -2.21. The molecule has 178 valence electrons. The van der Waals surface area contributed by atoms with Gasteiger partial charge in [-0.1, -0.05) is 13.8 Å². The van der Waals surface area contributed by atoms with Crippen molar-refractivity contribution in [3.63, 3.8) is 0 Å². The van der Waals surface area contributed by atoms with Gasteiger partial charge in [-0.15, -0.1) is 0 Å². The summed E-state index contributed by atoms with van der Waals surface area (Å²) in [5, 5.41) is 5.96. The van der Waals surface area contributed by atoms with Crippen LogP contribution in [0, 0.1) is 0 Å². The second-order valence-electron chi connectivity index (χ2n) is 8.24. The fraction of sp³-hybridized carbons (Fsp3) is 0.462. The van der Waals surface area contributed by atoms with E-state index in [-0.39, 0.29) is 24.5 Å². The van der Waals surface area contributed by atoms with Gasteiger partial charge in [0, 0.05) is 36.6 Å². The minimum absolute atomic E-state index is 0.0291. The monoisotopic (exact) mass is 453 g/mol. The first-order chi connectivity index (χ1) is 16.1. The summed E-state index contributed by atoms with van der Waals surface area (Å²) < 4.78 is 11.3. The molecular formula is C26H35N3O4. The Morgan fingerprint density at radius 3 is 2.27 bits per heavy atom. The van der Waals surface area contributed by atoms with Crippen LogP contribution < -0.4 is 15.4 Å². The summed E-state index contributed by atoms with van der Waals surface area (Å²) in [5.41, 5.74) is 2.13. The standard InChI is InChI=1S/C26H35N3O4/c1-3-15-29(16-4-2)26(31)20-7-9-22(10-8-20)28-25(30)18-27-21-11-13-23(14-12-21)33-19-24-6-5-17-32-24/h7-14,24,27H,3-6,15-19H2,1-2H3,(H,28,30). The largest absolute Gasteiger partial charge is 0.491 e. The number of rotatable bonds is 12. The Balaban J connectivity index is 1.43. The zero-order valence-electron chi connectivity index (χ0n) is 19.6. The second kappa shape index (κ2) is 12.8. The van der Waals surface area contributed by atoms with Crippen LogP contribution in [-0.4, -0.2) is 55.7 Å². The quantitative estimate of drug-likeness (QED) is 0.493. The first-order valence-corrected chi connectivity index (χ1v) is 11.9. The van der Waals surface area contributed by atoms with Crippen LogP contribution in [0.15, 0.2) is 48.5 Å². The predicted octanol–water partition coefficient (Wildman–Crippen LogP) is 4.56. The number of nitrogens with zero attached hydrogens (tertiary/aromatic N) is 1. The molecular weight excluding hydrogens is 418 g/mol.